The van der Waals surface area contributed by atoms with Crippen LogP contribution in [-0.4, -0.2) is 47.4 Å². The fourth-order valence-electron chi connectivity index (χ4n) is 2.54. The predicted molar refractivity (Wildman–Crippen MR) is 95.2 cm³/mol. The number of para-hydroxylation sites is 2. The number of hydrogen-bond donors (Lipinski definition) is 3. The van der Waals surface area contributed by atoms with E-state index in [-0.39, 0.29) is 30.0 Å². The van der Waals surface area contributed by atoms with Crippen molar-refractivity contribution >= 4 is 29.9 Å². The second-order valence-corrected chi connectivity index (χ2v) is 5.51. The van der Waals surface area contributed by atoms with Crippen LogP contribution in [0.5, 0.6) is 0 Å². The van der Waals surface area contributed by atoms with Crippen molar-refractivity contribution in [3.8, 4) is 5.69 Å². The third kappa shape index (κ3) is 4.79. The summed E-state index contributed by atoms with van der Waals surface area (Å²) in [6.45, 7) is 1.94. The topological polar surface area (TPSA) is 111 Å². The molecular weight excluding hydrogens is 346 g/mol. The second kappa shape index (κ2) is 8.61. The highest BCUT2D eigenvalue weighted by Crippen LogP contribution is 2.20. The molecule has 1 aromatic carbocycles. The van der Waals surface area contributed by atoms with Crippen LogP contribution >= 0.6 is 12.4 Å². The summed E-state index contributed by atoms with van der Waals surface area (Å²) < 4.78 is 6.86. The molecule has 1 fully saturated rings. The van der Waals surface area contributed by atoms with Crippen LogP contribution in [-0.2, 0) is 9.53 Å². The molecule has 25 heavy (non-hydrogen) atoms. The maximum atomic E-state index is 12.3. The molecule has 1 aliphatic rings. The summed E-state index contributed by atoms with van der Waals surface area (Å²) in [7, 11) is 0. The zero-order chi connectivity index (χ0) is 16.9. The van der Waals surface area contributed by atoms with E-state index in [9.17, 15) is 9.59 Å². The molecule has 1 atom stereocenters. The van der Waals surface area contributed by atoms with Gasteiger partial charge in [0.2, 0.25) is 5.91 Å². The minimum absolute atomic E-state index is 0. The van der Waals surface area contributed by atoms with Crippen LogP contribution in [0, 0.1) is 0 Å². The number of morpholine rings is 1. The molecule has 2 aromatic rings. The van der Waals surface area contributed by atoms with Gasteiger partial charge in [-0.1, -0.05) is 12.1 Å². The molecule has 4 N–H and O–H groups in total. The molecular formula is C16H20ClN5O3. The van der Waals surface area contributed by atoms with Crippen LogP contribution in [0.4, 0.5) is 5.69 Å². The van der Waals surface area contributed by atoms with Crippen LogP contribution in [0.3, 0.4) is 0 Å². The van der Waals surface area contributed by atoms with Gasteiger partial charge in [0, 0.05) is 25.2 Å². The average molecular weight is 366 g/mol. The Kier molecular flexibility index (Phi) is 6.51. The lowest BCUT2D eigenvalue weighted by atomic mass is 10.2. The highest BCUT2D eigenvalue weighted by Gasteiger charge is 2.18. The first-order chi connectivity index (χ1) is 11.6. The Hall–Kier alpha value is -2.42. The molecule has 1 aliphatic heterocycles. The summed E-state index contributed by atoms with van der Waals surface area (Å²) in [5.74, 6) is -0.716. The molecule has 0 radical (unpaired) electrons. The van der Waals surface area contributed by atoms with Crippen LogP contribution in [0.25, 0.3) is 5.69 Å². The Labute approximate surface area is 151 Å². The van der Waals surface area contributed by atoms with Gasteiger partial charge in [0.05, 0.1) is 24.6 Å². The van der Waals surface area contributed by atoms with Crippen molar-refractivity contribution in [2.24, 2.45) is 5.73 Å². The van der Waals surface area contributed by atoms with Crippen molar-refractivity contribution in [1.82, 2.24) is 15.1 Å². The van der Waals surface area contributed by atoms with Gasteiger partial charge in [-0.25, -0.2) is 4.68 Å². The molecule has 0 spiro atoms. The number of primary amides is 1. The normalized spacial score (nSPS) is 16.7. The minimum Gasteiger partial charge on any atom is -0.378 e. The van der Waals surface area contributed by atoms with Gasteiger partial charge >= 0.3 is 0 Å². The zero-order valence-corrected chi connectivity index (χ0v) is 14.3. The molecule has 3 rings (SSSR count). The average Bonchev–Trinajstić information content (AvgIpc) is 3.06. The number of nitrogens with two attached hydrogens (primary N) is 1. The summed E-state index contributed by atoms with van der Waals surface area (Å²) in [5, 5.41) is 10.2. The van der Waals surface area contributed by atoms with E-state index in [0.29, 0.717) is 31.0 Å². The van der Waals surface area contributed by atoms with E-state index in [1.54, 1.807) is 18.3 Å². The summed E-state index contributed by atoms with van der Waals surface area (Å²) in [6.07, 6.45) is 1.95. The molecule has 1 saturated heterocycles. The molecule has 1 aromatic heterocycles. The van der Waals surface area contributed by atoms with Gasteiger partial charge in [-0.05, 0) is 18.2 Å². The van der Waals surface area contributed by atoms with Crippen LogP contribution in [0.2, 0.25) is 0 Å². The number of halogens is 1. The summed E-state index contributed by atoms with van der Waals surface area (Å²) in [4.78, 5) is 23.5. The number of carbonyl (C=O) groups is 2. The molecule has 0 bridgehead atoms. The van der Waals surface area contributed by atoms with Crippen LogP contribution in [0.1, 0.15) is 16.9 Å². The van der Waals surface area contributed by atoms with Gasteiger partial charge in [-0.15, -0.1) is 12.4 Å². The van der Waals surface area contributed by atoms with Crippen molar-refractivity contribution < 1.29 is 14.3 Å². The van der Waals surface area contributed by atoms with Crippen molar-refractivity contribution in [2.75, 3.05) is 25.1 Å². The second-order valence-electron chi connectivity index (χ2n) is 5.51. The van der Waals surface area contributed by atoms with Crippen molar-refractivity contribution in [3.05, 3.63) is 42.2 Å². The van der Waals surface area contributed by atoms with Crippen molar-refractivity contribution in [1.29, 1.82) is 0 Å². The van der Waals surface area contributed by atoms with Gasteiger partial charge in [0.25, 0.3) is 5.91 Å². The Balaban J connectivity index is 0.00000225. The molecule has 8 nitrogen and oxygen atoms in total. The molecule has 9 heteroatoms. The minimum atomic E-state index is -0.598. The number of aromatic nitrogens is 2. The number of ether oxygens (including phenoxy) is 1. The molecule has 0 aliphatic carbocycles. The molecule has 2 amide bonds. The van der Waals surface area contributed by atoms with E-state index in [2.05, 4.69) is 15.7 Å². The van der Waals surface area contributed by atoms with Gasteiger partial charge in [-0.2, -0.15) is 5.10 Å². The summed E-state index contributed by atoms with van der Waals surface area (Å²) in [6, 6.07) is 8.77. The Bertz CT molecular complexity index is 743. The van der Waals surface area contributed by atoms with Crippen molar-refractivity contribution in [2.45, 2.75) is 12.5 Å². The Morgan fingerprint density at radius 1 is 1.36 bits per heavy atom. The number of anilines is 1. The van der Waals surface area contributed by atoms with Gasteiger partial charge in [-0.3, -0.25) is 9.59 Å². The first kappa shape index (κ1) is 18.9. The SMILES string of the molecule is Cl.NC(=O)c1ccn(-c2ccccc2NC(=O)CC2COCCN2)n1. The summed E-state index contributed by atoms with van der Waals surface area (Å²) in [5.41, 5.74) is 6.66. The van der Waals surface area contributed by atoms with E-state index < -0.39 is 5.91 Å². The molecule has 1 unspecified atom stereocenters. The fourth-order valence-corrected chi connectivity index (χ4v) is 2.54. The van der Waals surface area contributed by atoms with E-state index in [0.717, 1.165) is 6.54 Å². The monoisotopic (exact) mass is 365 g/mol. The van der Waals surface area contributed by atoms with Gasteiger partial charge in [0.1, 0.15) is 5.69 Å². The Morgan fingerprint density at radius 2 is 2.16 bits per heavy atom. The highest BCUT2D eigenvalue weighted by atomic mass is 35.5. The number of benzene rings is 1. The number of nitrogens with zero attached hydrogens (tertiary/aromatic N) is 2. The standard InChI is InChI=1S/C16H19N5O3.ClH/c17-16(23)13-5-7-21(20-13)14-4-2-1-3-12(14)19-15(22)9-11-10-24-8-6-18-11;/h1-5,7,11,18H,6,8-10H2,(H2,17,23)(H,19,22);1H. The number of hydrogen-bond acceptors (Lipinski definition) is 5. The lowest BCUT2D eigenvalue weighted by Crippen LogP contribution is -2.43. The zero-order valence-electron chi connectivity index (χ0n) is 13.5. The quantitative estimate of drug-likeness (QED) is 0.722. The predicted octanol–water partition coefficient (Wildman–Crippen LogP) is 0.710. The van der Waals surface area contributed by atoms with Crippen LogP contribution in [0.15, 0.2) is 36.5 Å². The maximum absolute atomic E-state index is 12.3. The number of rotatable bonds is 5. The molecule has 134 valence electrons. The largest absolute Gasteiger partial charge is 0.378 e. The first-order valence-corrected chi connectivity index (χ1v) is 7.69. The Morgan fingerprint density at radius 3 is 2.84 bits per heavy atom. The smallest absolute Gasteiger partial charge is 0.269 e. The number of carbonyl (C=O) groups excluding carboxylic acids is 2. The van der Waals surface area contributed by atoms with Gasteiger partial charge in [0.15, 0.2) is 0 Å². The van der Waals surface area contributed by atoms with Gasteiger partial charge < -0.3 is 21.1 Å². The summed E-state index contributed by atoms with van der Waals surface area (Å²) >= 11 is 0. The van der Waals surface area contributed by atoms with E-state index in [1.165, 1.54) is 10.7 Å². The molecule has 2 heterocycles. The fraction of sp³-hybridized carbons (Fsp3) is 0.312. The lowest BCUT2D eigenvalue weighted by molar-refractivity contribution is -0.117. The highest BCUT2D eigenvalue weighted by molar-refractivity contribution is 5.93. The third-order valence-corrected chi connectivity index (χ3v) is 3.70. The first-order valence-electron chi connectivity index (χ1n) is 7.69. The third-order valence-electron chi connectivity index (χ3n) is 3.70. The number of nitrogens with one attached hydrogen (secondary N) is 2. The van der Waals surface area contributed by atoms with Crippen LogP contribution < -0.4 is 16.4 Å². The molecule has 0 saturated carbocycles. The lowest BCUT2D eigenvalue weighted by Gasteiger charge is -2.23. The van der Waals surface area contributed by atoms with Crippen molar-refractivity contribution in [3.63, 3.8) is 0 Å². The van der Waals surface area contributed by atoms with E-state index in [4.69, 9.17) is 10.5 Å². The number of amides is 2. The maximum Gasteiger partial charge on any atom is 0.269 e. The van der Waals surface area contributed by atoms with E-state index >= 15 is 0 Å². The van der Waals surface area contributed by atoms with E-state index in [1.807, 2.05) is 12.1 Å².